The molecule has 0 amide bonds. The number of Topliss-reactive ketones (excluding diaryl/α,β-unsaturated/α-hetero) is 1. The van der Waals surface area contributed by atoms with Crippen LogP contribution >= 0.6 is 0 Å². The van der Waals surface area contributed by atoms with Crippen molar-refractivity contribution in [3.63, 3.8) is 0 Å². The van der Waals surface area contributed by atoms with Gasteiger partial charge in [-0.2, -0.15) is 10.5 Å². The van der Waals surface area contributed by atoms with E-state index in [4.69, 9.17) is 4.74 Å². The molecule has 2 aliphatic carbocycles. The van der Waals surface area contributed by atoms with Gasteiger partial charge < -0.3 is 4.74 Å². The van der Waals surface area contributed by atoms with Crippen molar-refractivity contribution < 1.29 is 14.3 Å². The van der Waals surface area contributed by atoms with Gasteiger partial charge in [0.15, 0.2) is 0 Å². The number of carbonyl (C=O) groups excluding carboxylic acids is 2. The average Bonchev–Trinajstić information content (AvgIpc) is 2.68. The van der Waals surface area contributed by atoms with Crippen molar-refractivity contribution in [3.8, 4) is 12.1 Å². The minimum Gasteiger partial charge on any atom is -0.464 e. The number of rotatable bonds is 3. The maximum atomic E-state index is 13.3. The quantitative estimate of drug-likeness (QED) is 0.616. The molecule has 3 atom stereocenters. The molecule has 0 N–H and O–H groups in total. The van der Waals surface area contributed by atoms with Crippen LogP contribution in [-0.2, 0) is 14.3 Å². The molecule has 5 heteroatoms. The van der Waals surface area contributed by atoms with E-state index in [-0.39, 0.29) is 18.1 Å². The van der Waals surface area contributed by atoms with Gasteiger partial charge >= 0.3 is 5.97 Å². The number of nitrogens with zero attached hydrogens (tertiary/aromatic N) is 2. The molecule has 0 spiro atoms. The van der Waals surface area contributed by atoms with Gasteiger partial charge in [-0.05, 0) is 43.2 Å². The lowest BCUT2D eigenvalue weighted by atomic mass is 9.55. The first kappa shape index (κ1) is 17.9. The molecule has 0 aromatic heterocycles. The first-order valence-corrected chi connectivity index (χ1v) is 8.93. The first-order valence-electron chi connectivity index (χ1n) is 8.93. The highest BCUT2D eigenvalue weighted by molar-refractivity contribution is 6.18. The van der Waals surface area contributed by atoms with Crippen LogP contribution in [0.15, 0.2) is 41.5 Å². The van der Waals surface area contributed by atoms with Crippen molar-refractivity contribution in [1.29, 1.82) is 10.5 Å². The highest BCUT2D eigenvalue weighted by Gasteiger charge is 2.61. The molecule has 1 aromatic rings. The van der Waals surface area contributed by atoms with Crippen LogP contribution in [0, 0.1) is 34.0 Å². The largest absolute Gasteiger partial charge is 0.464 e. The molecule has 132 valence electrons. The van der Waals surface area contributed by atoms with Gasteiger partial charge in [0.2, 0.25) is 11.2 Å². The number of ether oxygens (including phenoxy) is 1. The molecule has 0 radical (unpaired) electrons. The van der Waals surface area contributed by atoms with E-state index in [0.29, 0.717) is 6.42 Å². The predicted molar refractivity (Wildman–Crippen MR) is 93.5 cm³/mol. The zero-order valence-electron chi connectivity index (χ0n) is 14.7. The lowest BCUT2D eigenvalue weighted by molar-refractivity contribution is -0.158. The monoisotopic (exact) mass is 348 g/mol. The van der Waals surface area contributed by atoms with Crippen molar-refractivity contribution >= 4 is 11.8 Å². The van der Waals surface area contributed by atoms with Gasteiger partial charge in [0.1, 0.15) is 6.07 Å². The molecule has 2 aliphatic rings. The van der Waals surface area contributed by atoms with Crippen LogP contribution in [0.1, 0.15) is 44.1 Å². The van der Waals surface area contributed by atoms with Crippen molar-refractivity contribution in [2.75, 3.05) is 6.61 Å². The predicted octanol–water partition coefficient (Wildman–Crippen LogP) is 3.44. The maximum absolute atomic E-state index is 13.3. The van der Waals surface area contributed by atoms with Crippen molar-refractivity contribution in [3.05, 3.63) is 47.0 Å². The minimum absolute atomic E-state index is 0.0171. The molecule has 1 aromatic carbocycles. The van der Waals surface area contributed by atoms with Gasteiger partial charge in [0.25, 0.3) is 0 Å². The fourth-order valence-corrected chi connectivity index (χ4v) is 4.40. The van der Waals surface area contributed by atoms with E-state index >= 15 is 0 Å². The first-order chi connectivity index (χ1) is 12.6. The van der Waals surface area contributed by atoms with E-state index in [0.717, 1.165) is 30.4 Å². The molecule has 0 saturated heterocycles. The minimum atomic E-state index is -2.01. The van der Waals surface area contributed by atoms with Crippen LogP contribution in [0.4, 0.5) is 0 Å². The topological polar surface area (TPSA) is 90.9 Å². The lowest BCUT2D eigenvalue weighted by Crippen LogP contribution is -2.51. The Morgan fingerprint density at radius 2 is 2.00 bits per heavy atom. The standard InChI is InChI=1S/C21H20N2O3/c1-2-26-20(25)21(13-23)18(14-8-4-3-5-9-14)16-11-7-6-10-15(16)17(12-22)19(21)24/h3-5,8-9,16,18H,2,6-7,10-11H2,1H3/t16-,18-,21+/m1/s1. The number of allylic oxidation sites excluding steroid dienone is 2. The summed E-state index contributed by atoms with van der Waals surface area (Å²) in [6.45, 7) is 1.71. The Kier molecular flexibility index (Phi) is 4.91. The molecule has 0 unspecified atom stereocenters. The Morgan fingerprint density at radius 1 is 1.27 bits per heavy atom. The summed E-state index contributed by atoms with van der Waals surface area (Å²) in [5, 5.41) is 19.6. The smallest absolute Gasteiger partial charge is 0.335 e. The number of fused-ring (bicyclic) bond motifs is 1. The number of carbonyl (C=O) groups is 2. The zero-order chi connectivity index (χ0) is 18.7. The third-order valence-corrected chi connectivity index (χ3v) is 5.48. The fraction of sp³-hybridized carbons (Fsp3) is 0.429. The van der Waals surface area contributed by atoms with Gasteiger partial charge in [-0.1, -0.05) is 36.8 Å². The number of nitriles is 2. The number of benzene rings is 1. The van der Waals surface area contributed by atoms with Crippen LogP contribution in [0.2, 0.25) is 0 Å². The second kappa shape index (κ2) is 7.14. The van der Waals surface area contributed by atoms with E-state index in [9.17, 15) is 20.1 Å². The third kappa shape index (κ3) is 2.52. The van der Waals surface area contributed by atoms with Gasteiger partial charge in [0, 0.05) is 5.92 Å². The summed E-state index contributed by atoms with van der Waals surface area (Å²) in [7, 11) is 0. The summed E-state index contributed by atoms with van der Waals surface area (Å²) < 4.78 is 5.16. The lowest BCUT2D eigenvalue weighted by Gasteiger charge is -2.44. The van der Waals surface area contributed by atoms with Gasteiger partial charge in [-0.25, -0.2) is 4.79 Å². The summed E-state index contributed by atoms with van der Waals surface area (Å²) in [5.41, 5.74) is -0.463. The summed E-state index contributed by atoms with van der Waals surface area (Å²) in [5.74, 6) is -2.36. The highest BCUT2D eigenvalue weighted by Crippen LogP contribution is 2.55. The molecule has 1 fully saturated rings. The van der Waals surface area contributed by atoms with E-state index < -0.39 is 23.1 Å². The van der Waals surface area contributed by atoms with Crippen LogP contribution < -0.4 is 0 Å². The van der Waals surface area contributed by atoms with E-state index in [1.807, 2.05) is 42.5 Å². The van der Waals surface area contributed by atoms with Crippen LogP contribution in [0.25, 0.3) is 0 Å². The van der Waals surface area contributed by atoms with Crippen molar-refractivity contribution in [1.82, 2.24) is 0 Å². The molecule has 0 aliphatic heterocycles. The van der Waals surface area contributed by atoms with Crippen molar-refractivity contribution in [2.24, 2.45) is 11.3 Å². The highest BCUT2D eigenvalue weighted by atomic mass is 16.5. The Morgan fingerprint density at radius 3 is 2.62 bits per heavy atom. The molecule has 0 heterocycles. The van der Waals surface area contributed by atoms with Gasteiger partial charge in [0.05, 0.1) is 18.2 Å². The number of hydrogen-bond acceptors (Lipinski definition) is 5. The number of ketones is 1. The maximum Gasteiger partial charge on any atom is 0.335 e. The van der Waals surface area contributed by atoms with Crippen LogP contribution in [-0.4, -0.2) is 18.4 Å². The Hall–Kier alpha value is -2.92. The Labute approximate surface area is 152 Å². The molecular formula is C21H20N2O3. The Balaban J connectivity index is 2.30. The van der Waals surface area contributed by atoms with Gasteiger partial charge in [-0.3, -0.25) is 4.79 Å². The van der Waals surface area contributed by atoms with Crippen LogP contribution in [0.3, 0.4) is 0 Å². The Bertz CT molecular complexity index is 844. The van der Waals surface area contributed by atoms with Crippen LogP contribution in [0.5, 0.6) is 0 Å². The third-order valence-electron chi connectivity index (χ3n) is 5.48. The average molecular weight is 348 g/mol. The summed E-state index contributed by atoms with van der Waals surface area (Å²) >= 11 is 0. The van der Waals surface area contributed by atoms with E-state index in [2.05, 4.69) is 0 Å². The zero-order valence-corrected chi connectivity index (χ0v) is 14.7. The number of esters is 1. The molecule has 26 heavy (non-hydrogen) atoms. The van der Waals surface area contributed by atoms with Crippen molar-refractivity contribution in [2.45, 2.75) is 38.5 Å². The summed E-state index contributed by atoms with van der Waals surface area (Å²) in [4.78, 5) is 26.1. The summed E-state index contributed by atoms with van der Waals surface area (Å²) in [6, 6.07) is 13.2. The molecule has 5 nitrogen and oxygen atoms in total. The van der Waals surface area contributed by atoms with E-state index in [1.165, 1.54) is 0 Å². The number of hydrogen-bond donors (Lipinski definition) is 0. The second-order valence-corrected chi connectivity index (χ2v) is 6.72. The second-order valence-electron chi connectivity index (χ2n) is 6.72. The molecule has 3 rings (SSSR count). The molecular weight excluding hydrogens is 328 g/mol. The van der Waals surface area contributed by atoms with Gasteiger partial charge in [-0.15, -0.1) is 0 Å². The molecule has 1 saturated carbocycles. The fourth-order valence-electron chi connectivity index (χ4n) is 4.40. The normalized spacial score (nSPS) is 27.9. The molecule has 0 bridgehead atoms. The SMILES string of the molecule is CCOC(=O)[C@]1(C#N)C(=O)C(C#N)=C2CCCC[C@H]2[C@H]1c1ccccc1. The summed E-state index contributed by atoms with van der Waals surface area (Å²) in [6.07, 6.45) is 3.25. The van der Waals surface area contributed by atoms with E-state index in [1.54, 1.807) is 6.92 Å².